The number of hydrogen-bond donors (Lipinski definition) is 0. The van der Waals surface area contributed by atoms with Crippen LogP contribution >= 0.6 is 0 Å². The maximum Gasteiger partial charge on any atom is 0.164 e. The molecule has 1 aromatic carbocycles. The van der Waals surface area contributed by atoms with Crippen LogP contribution in [0, 0.1) is 11.5 Å². The highest BCUT2D eigenvalue weighted by molar-refractivity contribution is 6.87. The third-order valence-corrected chi connectivity index (χ3v) is 8.98. The largest absolute Gasteiger partial charge is 0.294 e. The van der Waals surface area contributed by atoms with Gasteiger partial charge in [-0.25, -0.2) is 0 Å². The van der Waals surface area contributed by atoms with Crippen molar-refractivity contribution in [3.8, 4) is 11.5 Å². The lowest BCUT2D eigenvalue weighted by Gasteiger charge is -2.31. The summed E-state index contributed by atoms with van der Waals surface area (Å²) in [6.07, 6.45) is 0.557. The Morgan fingerprint density at radius 1 is 1.21 bits per heavy atom. The summed E-state index contributed by atoms with van der Waals surface area (Å²) in [5.74, 6) is 3.76. The summed E-state index contributed by atoms with van der Waals surface area (Å²) in [6.45, 7) is 11.4. The number of fused-ring (bicyclic) bond motifs is 1. The van der Waals surface area contributed by atoms with Crippen molar-refractivity contribution in [1.82, 2.24) is 0 Å². The van der Waals surface area contributed by atoms with E-state index in [1.807, 2.05) is 24.3 Å². The number of hydrogen-bond acceptors (Lipinski definition) is 1. The zero-order valence-electron chi connectivity index (χ0n) is 12.5. The van der Waals surface area contributed by atoms with E-state index in [-0.39, 0.29) is 16.7 Å². The molecule has 0 N–H and O–H groups in total. The lowest BCUT2D eigenvalue weighted by Crippen LogP contribution is -2.35. The molecule has 0 radical (unpaired) electrons. The fourth-order valence-electron chi connectivity index (χ4n) is 2.04. The van der Waals surface area contributed by atoms with Crippen LogP contribution in [0.3, 0.4) is 0 Å². The summed E-state index contributed by atoms with van der Waals surface area (Å²) >= 11 is 0. The van der Waals surface area contributed by atoms with Gasteiger partial charge in [0, 0.05) is 12.0 Å². The van der Waals surface area contributed by atoms with Crippen molar-refractivity contribution in [3.05, 3.63) is 35.4 Å². The van der Waals surface area contributed by atoms with E-state index in [0.29, 0.717) is 6.42 Å². The first-order chi connectivity index (χ1) is 8.72. The Labute approximate surface area is 117 Å². The molecule has 0 aliphatic heterocycles. The molecule has 2 rings (SSSR count). The Bertz CT molecular complexity index is 567. The molecule has 0 saturated carbocycles. The van der Waals surface area contributed by atoms with E-state index in [2.05, 4.69) is 45.3 Å². The van der Waals surface area contributed by atoms with Crippen LogP contribution in [0.15, 0.2) is 24.3 Å². The molecule has 100 valence electrons. The molecule has 0 amide bonds. The Morgan fingerprint density at radius 3 is 2.47 bits per heavy atom. The summed E-state index contributed by atoms with van der Waals surface area (Å²) in [7, 11) is -1.59. The number of Topliss-reactive ketones (excluding diaryl/α,β-unsaturated/α-hetero) is 1. The molecular formula is C17H22OSi. The summed E-state index contributed by atoms with van der Waals surface area (Å²) in [6, 6.07) is 7.90. The van der Waals surface area contributed by atoms with E-state index < -0.39 is 8.07 Å². The average molecular weight is 270 g/mol. The molecule has 0 heterocycles. The molecule has 1 atom stereocenters. The Morgan fingerprint density at radius 2 is 1.84 bits per heavy atom. The highest BCUT2D eigenvalue weighted by Gasteiger charge is 2.34. The normalized spacial score (nSPS) is 18.8. The molecule has 1 aromatic rings. The minimum atomic E-state index is -1.59. The van der Waals surface area contributed by atoms with Gasteiger partial charge in [0.25, 0.3) is 0 Å². The van der Waals surface area contributed by atoms with E-state index in [9.17, 15) is 4.79 Å². The number of rotatable bonds is 0. The van der Waals surface area contributed by atoms with Gasteiger partial charge in [0.1, 0.15) is 8.07 Å². The molecule has 0 unspecified atom stereocenters. The summed E-state index contributed by atoms with van der Waals surface area (Å²) in [5, 5.41) is 0.266. The molecule has 0 bridgehead atoms. The van der Waals surface area contributed by atoms with Crippen LogP contribution in [-0.4, -0.2) is 13.9 Å². The van der Waals surface area contributed by atoms with E-state index in [1.54, 1.807) is 0 Å². The molecule has 1 aliphatic rings. The minimum Gasteiger partial charge on any atom is -0.294 e. The number of carbonyl (C=O) groups is 1. The van der Waals surface area contributed by atoms with Gasteiger partial charge < -0.3 is 0 Å². The summed E-state index contributed by atoms with van der Waals surface area (Å²) in [4.78, 5) is 11.9. The SMILES string of the molecule is CC(C)(C)[Si](C)(C)C#C[C@H]1CC(=O)c2ccccc21. The van der Waals surface area contributed by atoms with E-state index in [1.165, 1.54) is 0 Å². The van der Waals surface area contributed by atoms with Crippen molar-refractivity contribution in [2.75, 3.05) is 0 Å². The maximum atomic E-state index is 11.9. The molecule has 0 aromatic heterocycles. The second kappa shape index (κ2) is 4.65. The quantitative estimate of drug-likeness (QED) is 0.504. The fraction of sp³-hybridized carbons (Fsp3) is 0.471. The topological polar surface area (TPSA) is 17.1 Å². The Hall–Kier alpha value is -1.33. The van der Waals surface area contributed by atoms with Crippen LogP contribution in [0.1, 0.15) is 49.0 Å². The predicted molar refractivity (Wildman–Crippen MR) is 83.1 cm³/mol. The van der Waals surface area contributed by atoms with Crippen molar-refractivity contribution >= 4 is 13.9 Å². The van der Waals surface area contributed by atoms with Crippen LogP contribution in [0.2, 0.25) is 18.1 Å². The molecule has 2 heteroatoms. The number of benzene rings is 1. The van der Waals surface area contributed by atoms with Crippen LogP contribution in [0.5, 0.6) is 0 Å². The fourth-order valence-corrected chi connectivity index (χ4v) is 2.95. The van der Waals surface area contributed by atoms with Gasteiger partial charge in [0.2, 0.25) is 0 Å². The highest BCUT2D eigenvalue weighted by atomic mass is 28.3. The number of carbonyl (C=O) groups excluding carboxylic acids is 1. The van der Waals surface area contributed by atoms with E-state index in [4.69, 9.17) is 0 Å². The Balaban J connectivity index is 2.31. The summed E-state index contributed by atoms with van der Waals surface area (Å²) in [5.41, 5.74) is 5.54. The first kappa shape index (κ1) is 14.1. The third-order valence-electron chi connectivity index (χ3n) is 4.46. The zero-order valence-corrected chi connectivity index (χ0v) is 13.5. The molecule has 19 heavy (non-hydrogen) atoms. The van der Waals surface area contributed by atoms with Crippen molar-refractivity contribution in [2.24, 2.45) is 0 Å². The van der Waals surface area contributed by atoms with Gasteiger partial charge in [-0.2, -0.15) is 0 Å². The average Bonchev–Trinajstić information content (AvgIpc) is 2.63. The van der Waals surface area contributed by atoms with E-state index in [0.717, 1.165) is 11.1 Å². The van der Waals surface area contributed by atoms with Crippen LogP contribution in [-0.2, 0) is 0 Å². The lowest BCUT2D eigenvalue weighted by atomic mass is 10.0. The number of ketones is 1. The smallest absolute Gasteiger partial charge is 0.164 e. The van der Waals surface area contributed by atoms with Gasteiger partial charge in [-0.05, 0) is 10.6 Å². The highest BCUT2D eigenvalue weighted by Crippen LogP contribution is 2.36. The van der Waals surface area contributed by atoms with Crippen molar-refractivity contribution in [1.29, 1.82) is 0 Å². The van der Waals surface area contributed by atoms with Gasteiger partial charge in [-0.3, -0.25) is 4.79 Å². The second-order valence-corrected chi connectivity index (χ2v) is 11.9. The lowest BCUT2D eigenvalue weighted by molar-refractivity contribution is 0.0992. The second-order valence-electron chi connectivity index (χ2n) is 6.91. The zero-order chi connectivity index (χ0) is 14.3. The minimum absolute atomic E-state index is 0.109. The van der Waals surface area contributed by atoms with Gasteiger partial charge in [-0.1, -0.05) is 58.1 Å². The van der Waals surface area contributed by atoms with Crippen LogP contribution in [0.4, 0.5) is 0 Å². The van der Waals surface area contributed by atoms with Gasteiger partial charge in [0.05, 0.1) is 5.92 Å². The van der Waals surface area contributed by atoms with Crippen molar-refractivity contribution in [2.45, 2.75) is 51.2 Å². The molecule has 1 aliphatic carbocycles. The molecule has 0 saturated heterocycles. The van der Waals surface area contributed by atoms with Gasteiger partial charge in [-0.15, -0.1) is 11.5 Å². The summed E-state index contributed by atoms with van der Waals surface area (Å²) < 4.78 is 0. The van der Waals surface area contributed by atoms with Crippen LogP contribution in [0.25, 0.3) is 0 Å². The van der Waals surface area contributed by atoms with Crippen LogP contribution < -0.4 is 0 Å². The molecule has 1 nitrogen and oxygen atoms in total. The molecular weight excluding hydrogens is 248 g/mol. The van der Waals surface area contributed by atoms with Crippen molar-refractivity contribution in [3.63, 3.8) is 0 Å². The molecule has 0 fully saturated rings. The standard InChI is InChI=1S/C17H22OSi/c1-17(2,3)19(4,5)11-10-13-12-16(18)15-9-7-6-8-14(13)15/h6-9,13H,12H2,1-5H3/t13-/m0/s1. The molecule has 0 spiro atoms. The first-order valence-electron chi connectivity index (χ1n) is 6.87. The maximum absolute atomic E-state index is 11.9. The van der Waals surface area contributed by atoms with Gasteiger partial charge >= 0.3 is 0 Å². The Kier molecular flexibility index (Phi) is 3.45. The third kappa shape index (κ3) is 2.67. The monoisotopic (exact) mass is 270 g/mol. The van der Waals surface area contributed by atoms with Gasteiger partial charge in [0.15, 0.2) is 5.78 Å². The van der Waals surface area contributed by atoms with Crippen molar-refractivity contribution < 1.29 is 4.79 Å². The van der Waals surface area contributed by atoms with E-state index >= 15 is 0 Å². The first-order valence-corrected chi connectivity index (χ1v) is 9.87. The predicted octanol–water partition coefficient (Wildman–Crippen LogP) is 4.41.